The smallest absolute Gasteiger partial charge is 0.405 e. The van der Waals surface area contributed by atoms with Crippen molar-refractivity contribution < 1.29 is 17.9 Å². The van der Waals surface area contributed by atoms with Crippen LogP contribution in [0.2, 0.25) is 0 Å². The molecule has 0 radical (unpaired) electrons. The average Bonchev–Trinajstić information content (AvgIpc) is 2.82. The largest absolute Gasteiger partial charge is 0.573 e. The molecule has 0 aliphatic heterocycles. The highest BCUT2D eigenvalue weighted by Gasteiger charge is 2.32. The summed E-state index contributed by atoms with van der Waals surface area (Å²) in [5.74, 6) is 1.30. The Kier molecular flexibility index (Phi) is 8.33. The van der Waals surface area contributed by atoms with Gasteiger partial charge in [-0.25, -0.2) is 4.98 Å². The molecule has 0 saturated heterocycles. The third-order valence-corrected chi connectivity index (χ3v) is 6.70. The van der Waals surface area contributed by atoms with E-state index in [1.54, 1.807) is 12.1 Å². The Morgan fingerprint density at radius 1 is 1.03 bits per heavy atom. The number of aryl methyl sites for hydroxylation is 1. The number of halogens is 4. The summed E-state index contributed by atoms with van der Waals surface area (Å²) >= 11 is 3.21. The van der Waals surface area contributed by atoms with E-state index in [0.717, 1.165) is 55.4 Å². The number of fused-ring (bicyclic) bond motifs is 1. The zero-order valence-corrected chi connectivity index (χ0v) is 21.0. The zero-order valence-electron chi connectivity index (χ0n) is 19.5. The minimum absolute atomic E-state index is 0.143. The van der Waals surface area contributed by atoms with E-state index in [1.165, 1.54) is 6.07 Å². The van der Waals surface area contributed by atoms with Crippen molar-refractivity contribution in [2.45, 2.75) is 57.0 Å². The van der Waals surface area contributed by atoms with Crippen LogP contribution in [0.25, 0.3) is 10.9 Å². The molecular formula is C25H29BrF3N5O. The van der Waals surface area contributed by atoms with Crippen molar-refractivity contribution in [3.8, 4) is 5.75 Å². The number of aromatic nitrogens is 2. The molecule has 6 nitrogen and oxygen atoms in total. The minimum atomic E-state index is -4.70. The summed E-state index contributed by atoms with van der Waals surface area (Å²) in [6.07, 6.45) is 0.572. The van der Waals surface area contributed by atoms with Gasteiger partial charge in [-0.05, 0) is 74.9 Å². The molecule has 1 aliphatic rings. The van der Waals surface area contributed by atoms with Crippen molar-refractivity contribution in [3.63, 3.8) is 0 Å². The van der Waals surface area contributed by atoms with Crippen molar-refractivity contribution >= 4 is 38.6 Å². The van der Waals surface area contributed by atoms with Gasteiger partial charge < -0.3 is 20.7 Å². The lowest BCUT2D eigenvalue weighted by atomic mass is 9.91. The number of para-hydroxylation sites is 1. The molecule has 10 heteroatoms. The quantitative estimate of drug-likeness (QED) is 0.272. The van der Waals surface area contributed by atoms with Crippen LogP contribution >= 0.6 is 15.9 Å². The van der Waals surface area contributed by atoms with Gasteiger partial charge in [-0.2, -0.15) is 4.98 Å². The summed E-state index contributed by atoms with van der Waals surface area (Å²) in [7, 11) is 1.86. The predicted molar refractivity (Wildman–Crippen MR) is 136 cm³/mol. The number of anilines is 2. The first kappa shape index (κ1) is 25.5. The third kappa shape index (κ3) is 7.20. The molecule has 0 unspecified atom stereocenters. The van der Waals surface area contributed by atoms with E-state index in [0.29, 0.717) is 34.5 Å². The highest BCUT2D eigenvalue weighted by molar-refractivity contribution is 9.10. The van der Waals surface area contributed by atoms with Crippen LogP contribution in [0, 0.1) is 0 Å². The molecule has 0 spiro atoms. The Balaban J connectivity index is 1.23. The van der Waals surface area contributed by atoms with Crippen molar-refractivity contribution in [1.29, 1.82) is 0 Å². The second-order valence-electron chi connectivity index (χ2n) is 8.71. The number of hydrogen-bond donors (Lipinski definition) is 3. The van der Waals surface area contributed by atoms with Crippen molar-refractivity contribution in [3.05, 3.63) is 52.5 Å². The number of benzene rings is 2. The number of nitrogens with zero attached hydrogens (tertiary/aromatic N) is 2. The molecule has 4 rings (SSSR count). The second kappa shape index (κ2) is 11.4. The van der Waals surface area contributed by atoms with Crippen LogP contribution in [0.5, 0.6) is 5.75 Å². The monoisotopic (exact) mass is 551 g/mol. The Bertz CT molecular complexity index is 1140. The van der Waals surface area contributed by atoms with Crippen molar-refractivity contribution in [2.75, 3.05) is 24.2 Å². The number of alkyl halides is 3. The van der Waals surface area contributed by atoms with E-state index in [2.05, 4.69) is 46.6 Å². The predicted octanol–water partition coefficient (Wildman–Crippen LogP) is 6.28. The molecule has 0 atom stereocenters. The maximum Gasteiger partial charge on any atom is 0.573 e. The molecule has 2 aromatic carbocycles. The molecule has 35 heavy (non-hydrogen) atoms. The summed E-state index contributed by atoms with van der Waals surface area (Å²) in [6.45, 7) is 0.740. The first-order chi connectivity index (χ1) is 16.8. The molecule has 1 aliphatic carbocycles. The van der Waals surface area contributed by atoms with Gasteiger partial charge in [-0.1, -0.05) is 34.1 Å². The fourth-order valence-corrected chi connectivity index (χ4v) is 4.84. The maximum absolute atomic E-state index is 12.7. The minimum Gasteiger partial charge on any atom is -0.405 e. The lowest BCUT2D eigenvalue weighted by Gasteiger charge is -2.30. The first-order valence-corrected chi connectivity index (χ1v) is 12.6. The van der Waals surface area contributed by atoms with Gasteiger partial charge in [0.25, 0.3) is 0 Å². The lowest BCUT2D eigenvalue weighted by molar-refractivity contribution is -0.274. The molecule has 0 bridgehead atoms. The second-order valence-corrected chi connectivity index (χ2v) is 9.63. The maximum atomic E-state index is 12.7. The Morgan fingerprint density at radius 3 is 2.51 bits per heavy atom. The van der Waals surface area contributed by atoms with Gasteiger partial charge in [0.05, 0.1) is 5.52 Å². The normalized spacial score (nSPS) is 18.4. The topological polar surface area (TPSA) is 71.1 Å². The third-order valence-electron chi connectivity index (χ3n) is 6.21. The summed E-state index contributed by atoms with van der Waals surface area (Å²) in [5.41, 5.74) is 1.45. The fraction of sp³-hybridized carbons (Fsp3) is 0.440. The van der Waals surface area contributed by atoms with Gasteiger partial charge in [0.15, 0.2) is 0 Å². The standard InChI is InChI=1S/C25H29BrF3N5O/c1-30-23-20-6-2-3-7-21(20)33-24(34-23)32-19-12-10-18(11-13-19)31-14-4-5-16-8-9-17(26)15-22(16)35-25(27,28)29/h2-3,6-9,15,18-19,31H,4-5,10-14H2,1H3,(H2,30,32,33,34). The van der Waals surface area contributed by atoms with Crippen LogP contribution in [0.15, 0.2) is 46.9 Å². The van der Waals surface area contributed by atoms with Gasteiger partial charge in [0, 0.05) is 29.0 Å². The van der Waals surface area contributed by atoms with E-state index in [9.17, 15) is 13.2 Å². The average molecular weight is 552 g/mol. The Morgan fingerprint density at radius 2 is 1.77 bits per heavy atom. The zero-order chi connectivity index (χ0) is 24.8. The summed E-state index contributed by atoms with van der Waals surface area (Å²) < 4.78 is 42.8. The van der Waals surface area contributed by atoms with Gasteiger partial charge in [-0.15, -0.1) is 13.2 Å². The van der Waals surface area contributed by atoms with Crippen molar-refractivity contribution in [2.24, 2.45) is 0 Å². The SMILES string of the molecule is CNc1nc(NC2CCC(NCCCc3ccc(Br)cc3OC(F)(F)F)CC2)nc2ccccc12. The lowest BCUT2D eigenvalue weighted by Crippen LogP contribution is -2.37. The fourth-order valence-electron chi connectivity index (χ4n) is 4.50. The molecular weight excluding hydrogens is 523 g/mol. The molecule has 1 saturated carbocycles. The number of rotatable bonds is 9. The molecule has 0 amide bonds. The van der Waals surface area contributed by atoms with Crippen LogP contribution in [-0.2, 0) is 6.42 Å². The Labute approximate surface area is 211 Å². The summed E-state index contributed by atoms with van der Waals surface area (Å²) in [6, 6.07) is 13.4. The van der Waals surface area contributed by atoms with Crippen molar-refractivity contribution in [1.82, 2.24) is 15.3 Å². The van der Waals surface area contributed by atoms with E-state index in [4.69, 9.17) is 0 Å². The number of ether oxygens (including phenoxy) is 1. The van der Waals surface area contributed by atoms with E-state index >= 15 is 0 Å². The number of hydrogen-bond acceptors (Lipinski definition) is 6. The molecule has 1 fully saturated rings. The molecule has 1 aromatic heterocycles. The van der Waals surface area contributed by atoms with Crippen LogP contribution < -0.4 is 20.7 Å². The Hall–Kier alpha value is -2.59. The van der Waals surface area contributed by atoms with Gasteiger partial charge in [-0.3, -0.25) is 0 Å². The highest BCUT2D eigenvalue weighted by Crippen LogP contribution is 2.30. The molecule has 188 valence electrons. The molecule has 3 N–H and O–H groups in total. The summed E-state index contributed by atoms with van der Waals surface area (Å²) in [5, 5.41) is 11.2. The van der Waals surface area contributed by atoms with Gasteiger partial charge in [0.1, 0.15) is 11.6 Å². The van der Waals surface area contributed by atoms with Crippen LogP contribution in [0.3, 0.4) is 0 Å². The van der Waals surface area contributed by atoms with Gasteiger partial charge in [0.2, 0.25) is 5.95 Å². The molecule has 1 heterocycles. The van der Waals surface area contributed by atoms with E-state index < -0.39 is 6.36 Å². The van der Waals surface area contributed by atoms with Gasteiger partial charge >= 0.3 is 6.36 Å². The highest BCUT2D eigenvalue weighted by atomic mass is 79.9. The first-order valence-electron chi connectivity index (χ1n) is 11.8. The molecule has 3 aromatic rings. The summed E-state index contributed by atoms with van der Waals surface area (Å²) in [4.78, 5) is 9.28. The van der Waals surface area contributed by atoms with Crippen LogP contribution in [0.1, 0.15) is 37.7 Å². The van der Waals surface area contributed by atoms with E-state index in [1.807, 2.05) is 31.3 Å². The number of nitrogens with one attached hydrogen (secondary N) is 3. The van der Waals surface area contributed by atoms with Crippen LogP contribution in [-0.4, -0.2) is 42.0 Å². The van der Waals surface area contributed by atoms with Crippen LogP contribution in [0.4, 0.5) is 24.9 Å². The van der Waals surface area contributed by atoms with E-state index in [-0.39, 0.29) is 5.75 Å².